The number of methoxy groups -OCH3 is 1. The number of nitrogens with two attached hydrogens (primary N) is 1. The molecule has 46 valence electrons. The van der Waals surface area contributed by atoms with Gasteiger partial charge in [0, 0.05) is 6.21 Å². The van der Waals surface area contributed by atoms with Crippen LogP contribution in [0.15, 0.2) is 17.1 Å². The van der Waals surface area contributed by atoms with Crippen molar-refractivity contribution in [1.29, 1.82) is 0 Å². The highest BCUT2D eigenvalue weighted by molar-refractivity contribution is 5.54. The number of hydrogen-bond donors (Lipinski definition) is 1. The van der Waals surface area contributed by atoms with Gasteiger partial charge in [0.05, 0.1) is 13.3 Å². The van der Waals surface area contributed by atoms with Crippen LogP contribution < -0.4 is 5.73 Å². The van der Waals surface area contributed by atoms with Crippen molar-refractivity contribution in [2.24, 2.45) is 10.7 Å². The van der Waals surface area contributed by atoms with Crippen LogP contribution in [-0.2, 0) is 4.74 Å². The zero-order valence-corrected chi connectivity index (χ0v) is 5.09. The van der Waals surface area contributed by atoms with Crippen LogP contribution in [0.3, 0.4) is 0 Å². The van der Waals surface area contributed by atoms with Crippen molar-refractivity contribution < 1.29 is 4.74 Å². The maximum Gasteiger partial charge on any atom is 0.202 e. The van der Waals surface area contributed by atoms with E-state index < -0.39 is 0 Å². The van der Waals surface area contributed by atoms with Crippen molar-refractivity contribution >= 4 is 6.21 Å². The third kappa shape index (κ3) is 3.21. The van der Waals surface area contributed by atoms with E-state index in [1.165, 1.54) is 13.3 Å². The van der Waals surface area contributed by atoms with Crippen molar-refractivity contribution in [3.63, 3.8) is 0 Å². The van der Waals surface area contributed by atoms with E-state index in [2.05, 4.69) is 9.73 Å². The molecule has 0 unspecified atom stereocenters. The third-order valence-corrected chi connectivity index (χ3v) is 0.587. The van der Waals surface area contributed by atoms with Crippen molar-refractivity contribution in [2.75, 3.05) is 7.11 Å². The molecule has 0 aromatic rings. The van der Waals surface area contributed by atoms with E-state index in [-0.39, 0.29) is 0 Å². The maximum absolute atomic E-state index is 5.18. The van der Waals surface area contributed by atoms with E-state index in [0.29, 0.717) is 5.88 Å². The minimum Gasteiger partial charge on any atom is -0.482 e. The summed E-state index contributed by atoms with van der Waals surface area (Å²) in [6.07, 6.45) is 3.08. The van der Waals surface area contributed by atoms with Crippen LogP contribution in [0.2, 0.25) is 0 Å². The van der Waals surface area contributed by atoms with Gasteiger partial charge in [-0.15, -0.1) is 0 Å². The van der Waals surface area contributed by atoms with Gasteiger partial charge >= 0.3 is 0 Å². The molecule has 0 spiro atoms. The van der Waals surface area contributed by atoms with E-state index >= 15 is 0 Å². The maximum atomic E-state index is 5.18. The molecule has 0 atom stereocenters. The molecule has 0 saturated heterocycles. The predicted molar refractivity (Wildman–Crippen MR) is 33.4 cm³/mol. The second-order valence-corrected chi connectivity index (χ2v) is 1.14. The van der Waals surface area contributed by atoms with Gasteiger partial charge in [-0.05, 0) is 6.92 Å². The zero-order chi connectivity index (χ0) is 6.41. The average molecular weight is 114 g/mol. The molecule has 8 heavy (non-hydrogen) atoms. The first kappa shape index (κ1) is 7.01. The molecule has 0 aliphatic rings. The number of nitrogens with zero attached hydrogens (tertiary/aromatic N) is 1. The molecule has 0 saturated carbocycles. The molecular formula is C5H10N2O. The van der Waals surface area contributed by atoms with Gasteiger partial charge < -0.3 is 10.5 Å². The summed E-state index contributed by atoms with van der Waals surface area (Å²) in [6, 6.07) is 0. The summed E-state index contributed by atoms with van der Waals surface area (Å²) in [7, 11) is 1.50. The summed E-state index contributed by atoms with van der Waals surface area (Å²) in [4.78, 5) is 3.71. The van der Waals surface area contributed by atoms with E-state index in [4.69, 9.17) is 5.73 Å². The number of aliphatic imine (C=N–C) groups is 1. The molecule has 0 aliphatic heterocycles. The van der Waals surface area contributed by atoms with Crippen molar-refractivity contribution in [3.05, 3.63) is 12.1 Å². The van der Waals surface area contributed by atoms with Crippen molar-refractivity contribution in [2.45, 2.75) is 6.92 Å². The molecule has 0 heterocycles. The highest BCUT2D eigenvalue weighted by atomic mass is 16.5. The summed E-state index contributed by atoms with van der Waals surface area (Å²) in [6.45, 7) is 1.80. The Morgan fingerprint density at radius 2 is 2.38 bits per heavy atom. The normalized spacial score (nSPS) is 12.5. The first-order chi connectivity index (χ1) is 3.81. The fraction of sp³-hybridized carbons (Fsp3) is 0.400. The van der Waals surface area contributed by atoms with Gasteiger partial charge in [0.25, 0.3) is 0 Å². The van der Waals surface area contributed by atoms with Crippen LogP contribution in [-0.4, -0.2) is 13.3 Å². The molecule has 2 N–H and O–H groups in total. The quantitative estimate of drug-likeness (QED) is 0.419. The summed E-state index contributed by atoms with van der Waals surface area (Å²) < 4.78 is 4.58. The second-order valence-electron chi connectivity index (χ2n) is 1.14. The molecular weight excluding hydrogens is 104 g/mol. The predicted octanol–water partition coefficient (Wildman–Crippen LogP) is 0.481. The Morgan fingerprint density at radius 3 is 2.75 bits per heavy atom. The van der Waals surface area contributed by atoms with Crippen molar-refractivity contribution in [3.8, 4) is 0 Å². The summed E-state index contributed by atoms with van der Waals surface area (Å²) in [5.74, 6) is 0.322. The summed E-state index contributed by atoms with van der Waals surface area (Å²) >= 11 is 0. The largest absolute Gasteiger partial charge is 0.482 e. The van der Waals surface area contributed by atoms with Gasteiger partial charge in [0.2, 0.25) is 5.88 Å². The first-order valence-corrected chi connectivity index (χ1v) is 2.28. The molecule has 3 nitrogen and oxygen atoms in total. The lowest BCUT2D eigenvalue weighted by molar-refractivity contribution is 0.286. The van der Waals surface area contributed by atoms with Gasteiger partial charge in [-0.2, -0.15) is 0 Å². The fourth-order valence-corrected chi connectivity index (χ4v) is 0.201. The Morgan fingerprint density at radius 1 is 1.75 bits per heavy atom. The Labute approximate surface area is 48.9 Å². The topological polar surface area (TPSA) is 47.6 Å². The zero-order valence-electron chi connectivity index (χ0n) is 5.09. The summed E-state index contributed by atoms with van der Waals surface area (Å²) in [5.41, 5.74) is 5.18. The van der Waals surface area contributed by atoms with Gasteiger partial charge in [0.15, 0.2) is 0 Å². The molecule has 0 aromatic heterocycles. The lowest BCUT2D eigenvalue weighted by atomic mass is 10.8. The Bertz CT molecular complexity index is 107. The Hall–Kier alpha value is -0.990. The Balaban J connectivity index is 3.57. The molecule has 0 rings (SSSR count). The second kappa shape index (κ2) is 4.18. The van der Waals surface area contributed by atoms with E-state index in [1.54, 1.807) is 13.1 Å². The Kier molecular flexibility index (Phi) is 3.66. The minimum absolute atomic E-state index is 0.322. The van der Waals surface area contributed by atoms with Gasteiger partial charge in [0.1, 0.15) is 0 Å². The smallest absolute Gasteiger partial charge is 0.202 e. The lowest BCUT2D eigenvalue weighted by Gasteiger charge is -1.92. The highest BCUT2D eigenvalue weighted by Crippen LogP contribution is 1.81. The van der Waals surface area contributed by atoms with E-state index in [1.807, 2.05) is 0 Å². The third-order valence-electron chi connectivity index (χ3n) is 0.587. The standard InChI is InChI=1S/C5H10N2O/c1-3-7-4-5(6)8-2/h3-4H,6H2,1-2H3/b5-4-,7-3?. The average Bonchev–Trinajstić information content (AvgIpc) is 1.83. The van der Waals surface area contributed by atoms with Crippen molar-refractivity contribution in [1.82, 2.24) is 0 Å². The molecule has 0 bridgehead atoms. The highest BCUT2D eigenvalue weighted by Gasteiger charge is 1.76. The molecule has 0 amide bonds. The monoisotopic (exact) mass is 114 g/mol. The molecule has 0 aliphatic carbocycles. The van der Waals surface area contributed by atoms with Crippen LogP contribution in [0, 0.1) is 0 Å². The molecule has 0 fully saturated rings. The van der Waals surface area contributed by atoms with E-state index in [9.17, 15) is 0 Å². The van der Waals surface area contributed by atoms with Crippen LogP contribution >= 0.6 is 0 Å². The van der Waals surface area contributed by atoms with E-state index in [0.717, 1.165) is 0 Å². The number of hydrogen-bond acceptors (Lipinski definition) is 3. The molecule has 0 radical (unpaired) electrons. The SMILES string of the molecule is CC=N/C=C(/N)OC. The number of rotatable bonds is 2. The van der Waals surface area contributed by atoms with Crippen LogP contribution in [0.25, 0.3) is 0 Å². The fourth-order valence-electron chi connectivity index (χ4n) is 0.201. The summed E-state index contributed by atoms with van der Waals surface area (Å²) in [5, 5.41) is 0. The van der Waals surface area contributed by atoms with Gasteiger partial charge in [-0.1, -0.05) is 0 Å². The lowest BCUT2D eigenvalue weighted by Crippen LogP contribution is -1.97. The first-order valence-electron chi connectivity index (χ1n) is 2.28. The van der Waals surface area contributed by atoms with Gasteiger partial charge in [-0.3, -0.25) is 4.99 Å². The van der Waals surface area contributed by atoms with Crippen LogP contribution in [0.5, 0.6) is 0 Å². The minimum atomic E-state index is 0.322. The van der Waals surface area contributed by atoms with Gasteiger partial charge in [-0.25, -0.2) is 0 Å². The van der Waals surface area contributed by atoms with Crippen LogP contribution in [0.1, 0.15) is 6.92 Å². The number of ether oxygens (including phenoxy) is 1. The molecule has 3 heteroatoms. The van der Waals surface area contributed by atoms with Crippen LogP contribution in [0.4, 0.5) is 0 Å². The molecule has 0 aromatic carbocycles.